The molecule has 3 aromatic rings. The van der Waals surface area contributed by atoms with Crippen LogP contribution in [0.4, 0.5) is 5.69 Å². The van der Waals surface area contributed by atoms with Crippen LogP contribution in [0.3, 0.4) is 0 Å². The zero-order chi connectivity index (χ0) is 19.1. The number of nitrogen functional groups attached to an aromatic ring is 1. The van der Waals surface area contributed by atoms with Gasteiger partial charge in [-0.15, -0.1) is 0 Å². The van der Waals surface area contributed by atoms with Crippen molar-refractivity contribution in [3.8, 4) is 11.5 Å². The lowest BCUT2D eigenvalue weighted by molar-refractivity contribution is 0.0696. The molecule has 0 bridgehead atoms. The van der Waals surface area contributed by atoms with Crippen molar-refractivity contribution >= 4 is 23.2 Å². The summed E-state index contributed by atoms with van der Waals surface area (Å²) in [5.74, 6) is -1.37. The molecule has 0 fully saturated rings. The Hall–Kier alpha value is -3.93. The lowest BCUT2D eigenvalue weighted by Crippen LogP contribution is -2.22. The SMILES string of the molecule is Nc1cccc2c1C(=O)c1cccc(Oc3cccc(C(=O)O)c3)c1C2=O. The maximum atomic E-state index is 13.0. The van der Waals surface area contributed by atoms with E-state index in [4.69, 9.17) is 15.6 Å². The van der Waals surface area contributed by atoms with Gasteiger partial charge in [-0.25, -0.2) is 4.79 Å². The molecule has 0 spiro atoms. The quantitative estimate of drug-likeness (QED) is 0.542. The molecule has 6 heteroatoms. The largest absolute Gasteiger partial charge is 0.478 e. The van der Waals surface area contributed by atoms with E-state index in [0.29, 0.717) is 0 Å². The number of carbonyl (C=O) groups is 3. The minimum absolute atomic E-state index is 0.0535. The van der Waals surface area contributed by atoms with Gasteiger partial charge in [0.1, 0.15) is 11.5 Å². The second kappa shape index (κ2) is 6.10. The van der Waals surface area contributed by atoms with Gasteiger partial charge in [0, 0.05) is 16.8 Å². The van der Waals surface area contributed by atoms with E-state index in [-0.39, 0.29) is 56.6 Å². The topological polar surface area (TPSA) is 107 Å². The molecule has 0 radical (unpaired) electrons. The summed E-state index contributed by atoms with van der Waals surface area (Å²) in [6, 6.07) is 15.4. The number of fused-ring (bicyclic) bond motifs is 2. The molecule has 6 nitrogen and oxygen atoms in total. The highest BCUT2D eigenvalue weighted by atomic mass is 16.5. The Morgan fingerprint density at radius 2 is 1.48 bits per heavy atom. The van der Waals surface area contributed by atoms with Gasteiger partial charge in [-0.05, 0) is 30.3 Å². The summed E-state index contributed by atoms with van der Waals surface area (Å²) in [4.78, 5) is 37.0. The van der Waals surface area contributed by atoms with Crippen molar-refractivity contribution < 1.29 is 24.2 Å². The molecular formula is C21H13NO5. The average Bonchev–Trinajstić information content (AvgIpc) is 2.66. The van der Waals surface area contributed by atoms with Crippen LogP contribution in [0.5, 0.6) is 11.5 Å². The van der Waals surface area contributed by atoms with E-state index in [1.807, 2.05) is 0 Å². The summed E-state index contributed by atoms with van der Waals surface area (Å²) in [6.45, 7) is 0. The predicted octanol–water partition coefficient (Wildman–Crippen LogP) is 3.53. The van der Waals surface area contributed by atoms with Crippen molar-refractivity contribution in [3.63, 3.8) is 0 Å². The molecule has 27 heavy (non-hydrogen) atoms. The number of hydrogen-bond acceptors (Lipinski definition) is 5. The lowest BCUT2D eigenvalue weighted by Gasteiger charge is -2.21. The fraction of sp³-hybridized carbons (Fsp3) is 0. The summed E-state index contributed by atoms with van der Waals surface area (Å²) < 4.78 is 5.76. The van der Waals surface area contributed by atoms with Crippen molar-refractivity contribution in [2.75, 3.05) is 5.73 Å². The van der Waals surface area contributed by atoms with Gasteiger partial charge in [0.05, 0.1) is 16.7 Å². The van der Waals surface area contributed by atoms with Crippen molar-refractivity contribution in [3.05, 3.63) is 88.5 Å². The van der Waals surface area contributed by atoms with Gasteiger partial charge < -0.3 is 15.6 Å². The molecule has 0 aromatic heterocycles. The van der Waals surface area contributed by atoms with E-state index in [1.54, 1.807) is 42.5 Å². The fourth-order valence-electron chi connectivity index (χ4n) is 3.14. The number of rotatable bonds is 3. The van der Waals surface area contributed by atoms with Crippen LogP contribution in [-0.4, -0.2) is 22.6 Å². The number of ketones is 2. The number of ether oxygens (including phenoxy) is 1. The third-order valence-corrected chi connectivity index (χ3v) is 4.38. The Morgan fingerprint density at radius 1 is 0.852 bits per heavy atom. The van der Waals surface area contributed by atoms with Crippen LogP contribution in [0, 0.1) is 0 Å². The van der Waals surface area contributed by atoms with E-state index >= 15 is 0 Å². The van der Waals surface area contributed by atoms with Gasteiger partial charge in [-0.3, -0.25) is 9.59 Å². The summed E-state index contributed by atoms with van der Waals surface area (Å²) >= 11 is 0. The van der Waals surface area contributed by atoms with E-state index in [1.165, 1.54) is 18.2 Å². The van der Waals surface area contributed by atoms with E-state index < -0.39 is 5.97 Å². The molecule has 3 aromatic carbocycles. The first-order chi connectivity index (χ1) is 13.0. The van der Waals surface area contributed by atoms with Crippen molar-refractivity contribution in [2.24, 2.45) is 0 Å². The Labute approximate surface area is 153 Å². The average molecular weight is 359 g/mol. The van der Waals surface area contributed by atoms with Crippen LogP contribution in [0.25, 0.3) is 0 Å². The second-order valence-corrected chi connectivity index (χ2v) is 6.04. The van der Waals surface area contributed by atoms with Gasteiger partial charge in [0.2, 0.25) is 0 Å². The van der Waals surface area contributed by atoms with Crippen LogP contribution in [0.15, 0.2) is 60.7 Å². The number of aromatic carboxylic acids is 1. The van der Waals surface area contributed by atoms with Gasteiger partial charge in [-0.1, -0.05) is 30.3 Å². The number of anilines is 1. The highest BCUT2D eigenvalue weighted by Crippen LogP contribution is 2.37. The molecule has 1 aliphatic carbocycles. The summed E-state index contributed by atoms with van der Waals surface area (Å²) in [7, 11) is 0. The van der Waals surface area contributed by atoms with E-state index in [0.717, 1.165) is 0 Å². The Balaban J connectivity index is 1.83. The Morgan fingerprint density at radius 3 is 2.22 bits per heavy atom. The number of carboxylic acids is 1. The van der Waals surface area contributed by atoms with Gasteiger partial charge in [-0.2, -0.15) is 0 Å². The van der Waals surface area contributed by atoms with Crippen LogP contribution in [0.2, 0.25) is 0 Å². The van der Waals surface area contributed by atoms with Crippen LogP contribution in [0.1, 0.15) is 42.2 Å². The molecule has 0 aliphatic heterocycles. The maximum Gasteiger partial charge on any atom is 0.335 e. The minimum Gasteiger partial charge on any atom is -0.478 e. The fourth-order valence-corrected chi connectivity index (χ4v) is 3.14. The first kappa shape index (κ1) is 16.5. The number of hydrogen-bond donors (Lipinski definition) is 2. The molecule has 0 unspecified atom stereocenters. The zero-order valence-electron chi connectivity index (χ0n) is 13.9. The normalized spacial score (nSPS) is 12.3. The zero-order valence-corrected chi connectivity index (χ0v) is 13.9. The van der Waals surface area contributed by atoms with Crippen molar-refractivity contribution in [1.29, 1.82) is 0 Å². The molecule has 1 aliphatic rings. The third kappa shape index (κ3) is 2.64. The highest BCUT2D eigenvalue weighted by Gasteiger charge is 2.33. The number of benzene rings is 3. The van der Waals surface area contributed by atoms with Gasteiger partial charge in [0.25, 0.3) is 0 Å². The summed E-state index contributed by atoms with van der Waals surface area (Å²) in [6.07, 6.45) is 0. The summed E-state index contributed by atoms with van der Waals surface area (Å²) in [5, 5.41) is 9.11. The number of nitrogens with two attached hydrogens (primary N) is 1. The molecule has 132 valence electrons. The standard InChI is InChI=1S/C21H13NO5/c22-15-8-2-6-13-17(15)19(23)14-7-3-9-16(18(14)20(13)24)27-12-5-1-4-11(10-12)21(25)26/h1-10H,22H2,(H,25,26). The molecule has 0 amide bonds. The molecule has 0 atom stereocenters. The summed E-state index contributed by atoms with van der Waals surface area (Å²) in [5.41, 5.74) is 6.96. The smallest absolute Gasteiger partial charge is 0.335 e. The van der Waals surface area contributed by atoms with Gasteiger partial charge in [0.15, 0.2) is 11.6 Å². The van der Waals surface area contributed by atoms with E-state index in [9.17, 15) is 14.4 Å². The predicted molar refractivity (Wildman–Crippen MR) is 97.6 cm³/mol. The first-order valence-corrected chi connectivity index (χ1v) is 8.09. The highest BCUT2D eigenvalue weighted by molar-refractivity contribution is 6.30. The molecule has 3 N–H and O–H groups in total. The first-order valence-electron chi connectivity index (χ1n) is 8.09. The Kier molecular flexibility index (Phi) is 3.74. The van der Waals surface area contributed by atoms with Crippen molar-refractivity contribution in [2.45, 2.75) is 0 Å². The molecule has 0 saturated heterocycles. The maximum absolute atomic E-state index is 13.0. The molecule has 4 rings (SSSR count). The Bertz CT molecular complexity index is 1130. The third-order valence-electron chi connectivity index (χ3n) is 4.38. The second-order valence-electron chi connectivity index (χ2n) is 6.04. The minimum atomic E-state index is -1.09. The van der Waals surface area contributed by atoms with E-state index in [2.05, 4.69) is 0 Å². The van der Waals surface area contributed by atoms with Gasteiger partial charge >= 0.3 is 5.97 Å². The van der Waals surface area contributed by atoms with Crippen LogP contribution < -0.4 is 10.5 Å². The lowest BCUT2D eigenvalue weighted by atomic mass is 9.83. The number of carbonyl (C=O) groups excluding carboxylic acids is 2. The molecule has 0 saturated carbocycles. The van der Waals surface area contributed by atoms with Crippen LogP contribution in [-0.2, 0) is 0 Å². The van der Waals surface area contributed by atoms with Crippen LogP contribution >= 0.6 is 0 Å². The molecular weight excluding hydrogens is 346 g/mol. The van der Waals surface area contributed by atoms with Crippen molar-refractivity contribution in [1.82, 2.24) is 0 Å². The monoisotopic (exact) mass is 359 g/mol. The number of carboxylic acid groups (broad SMARTS) is 1. The molecule has 0 heterocycles.